The highest BCUT2D eigenvalue weighted by Crippen LogP contribution is 2.37. The van der Waals surface area contributed by atoms with E-state index < -0.39 is 29.6 Å². The quantitative estimate of drug-likeness (QED) is 0.135. The number of rotatable bonds is 10. The molecule has 5 rings (SSSR count). The first-order valence-electron chi connectivity index (χ1n) is 13.1. The van der Waals surface area contributed by atoms with E-state index >= 15 is 0 Å². The van der Waals surface area contributed by atoms with Gasteiger partial charge in [-0.05, 0) is 43.3 Å². The Labute approximate surface area is 243 Å². The molecule has 0 fully saturated rings. The molecule has 1 N–H and O–H groups in total. The largest absolute Gasteiger partial charge is 0.461 e. The Morgan fingerprint density at radius 1 is 0.930 bits per heavy atom. The van der Waals surface area contributed by atoms with Crippen molar-refractivity contribution in [2.45, 2.75) is 19.1 Å². The molecular formula is C30H25F4N5O4. The van der Waals surface area contributed by atoms with Gasteiger partial charge in [-0.25, -0.2) is 19.2 Å². The standard InChI is InChI=1S/C30H25F4N5O4/c1-18-6-7-19(21(16-18)30(32,33)34)23-8-9-25(38-37-23)27(29(41)43-15-14-42-13-12-40)39-11-10-24-26(17-39)36-28(35-24)20-4-2-3-5-22(20)31/h2-11,16-17,27,40H,12-15H2,1H3. The number of fused-ring (bicyclic) bond motifs is 1. The van der Waals surface area contributed by atoms with E-state index in [1.54, 1.807) is 37.3 Å². The van der Waals surface area contributed by atoms with Crippen molar-refractivity contribution in [3.8, 4) is 34.0 Å². The number of aliphatic hydroxyl groups excluding tert-OH is 1. The molecule has 0 radical (unpaired) electrons. The van der Waals surface area contributed by atoms with Crippen LogP contribution in [0.15, 0.2) is 73.1 Å². The van der Waals surface area contributed by atoms with Crippen molar-refractivity contribution in [1.29, 1.82) is 0 Å². The van der Waals surface area contributed by atoms with Gasteiger partial charge < -0.3 is 19.1 Å². The van der Waals surface area contributed by atoms with Crippen LogP contribution in [-0.4, -0.2) is 62.2 Å². The van der Waals surface area contributed by atoms with Crippen molar-refractivity contribution in [2.24, 2.45) is 0 Å². The summed E-state index contributed by atoms with van der Waals surface area (Å²) in [5.41, 5.74) is 0.490. The number of pyridine rings is 1. The van der Waals surface area contributed by atoms with Gasteiger partial charge >= 0.3 is 12.1 Å². The zero-order valence-corrected chi connectivity index (χ0v) is 22.8. The Kier molecular flexibility index (Phi) is 8.73. The summed E-state index contributed by atoms with van der Waals surface area (Å²) < 4.78 is 67.5. The number of hydrogen-bond acceptors (Lipinski definition) is 8. The number of aliphatic hydroxyl groups is 1. The average molecular weight is 596 g/mol. The molecule has 0 saturated heterocycles. The number of carbonyl (C=O) groups excluding carboxylic acids is 1. The first-order valence-corrected chi connectivity index (χ1v) is 13.1. The molecule has 222 valence electrons. The van der Waals surface area contributed by atoms with E-state index in [4.69, 9.17) is 14.6 Å². The highest BCUT2D eigenvalue weighted by atomic mass is 19.4. The predicted molar refractivity (Wildman–Crippen MR) is 146 cm³/mol. The normalized spacial score (nSPS) is 12.4. The molecule has 0 saturated carbocycles. The summed E-state index contributed by atoms with van der Waals surface area (Å²) in [6, 6.07) is 13.1. The second kappa shape index (κ2) is 12.6. The van der Waals surface area contributed by atoms with Crippen molar-refractivity contribution < 1.29 is 36.9 Å². The van der Waals surface area contributed by atoms with Crippen LogP contribution in [0.25, 0.3) is 34.0 Å². The Hall–Kier alpha value is -4.75. The van der Waals surface area contributed by atoms with Gasteiger partial charge in [0.25, 0.3) is 0 Å². The van der Waals surface area contributed by atoms with Crippen molar-refractivity contribution in [3.05, 3.63) is 95.7 Å². The number of imidazole rings is 1. The number of nitrogens with zero attached hydrogens (tertiary/aromatic N) is 5. The monoisotopic (exact) mass is 595 g/mol. The Morgan fingerprint density at radius 3 is 2.44 bits per heavy atom. The zero-order valence-electron chi connectivity index (χ0n) is 22.8. The lowest BCUT2D eigenvalue weighted by atomic mass is 10.0. The maximum absolute atomic E-state index is 14.4. The molecule has 13 heteroatoms. The second-order valence-electron chi connectivity index (χ2n) is 9.49. The molecule has 0 amide bonds. The van der Waals surface area contributed by atoms with E-state index in [0.29, 0.717) is 17.0 Å². The third-order valence-corrected chi connectivity index (χ3v) is 6.46. The molecule has 2 aliphatic heterocycles. The molecule has 1 unspecified atom stereocenters. The maximum atomic E-state index is 14.4. The first kappa shape index (κ1) is 29.7. The SMILES string of the molecule is Cc1ccc(-c2ccc(C(C(=O)OCCOCCO)n3ccc4nc(-c5ccccc5F)nc-4c3)nn2)c(C(F)(F)F)c1. The average Bonchev–Trinajstić information content (AvgIpc) is 3.41. The van der Waals surface area contributed by atoms with Gasteiger partial charge in [0.05, 0.1) is 48.0 Å². The number of benzene rings is 2. The van der Waals surface area contributed by atoms with Crippen LogP contribution in [0.4, 0.5) is 17.6 Å². The summed E-state index contributed by atoms with van der Waals surface area (Å²) >= 11 is 0. The number of carbonyl (C=O) groups is 1. The van der Waals surface area contributed by atoms with Gasteiger partial charge in [-0.2, -0.15) is 23.4 Å². The summed E-state index contributed by atoms with van der Waals surface area (Å²) in [6.45, 7) is 1.33. The summed E-state index contributed by atoms with van der Waals surface area (Å²) in [5.74, 6) is -1.08. The fraction of sp³-hybridized carbons (Fsp3) is 0.233. The molecule has 43 heavy (non-hydrogen) atoms. The van der Waals surface area contributed by atoms with Gasteiger partial charge in [0.15, 0.2) is 11.9 Å². The lowest BCUT2D eigenvalue weighted by molar-refractivity contribution is -0.148. The van der Waals surface area contributed by atoms with Crippen LogP contribution < -0.4 is 0 Å². The fourth-order valence-corrected chi connectivity index (χ4v) is 4.44. The lowest BCUT2D eigenvalue weighted by Gasteiger charge is -2.20. The highest BCUT2D eigenvalue weighted by Gasteiger charge is 2.34. The molecule has 1 atom stereocenters. The Morgan fingerprint density at radius 2 is 1.72 bits per heavy atom. The lowest BCUT2D eigenvalue weighted by Crippen LogP contribution is -2.26. The van der Waals surface area contributed by atoms with Crippen molar-refractivity contribution in [2.75, 3.05) is 26.4 Å². The molecule has 0 aliphatic carbocycles. The molecule has 3 heterocycles. The molecule has 9 nitrogen and oxygen atoms in total. The molecule has 0 bridgehead atoms. The maximum Gasteiger partial charge on any atom is 0.417 e. The molecule has 1 aromatic heterocycles. The predicted octanol–water partition coefficient (Wildman–Crippen LogP) is 5.11. The van der Waals surface area contributed by atoms with Gasteiger partial charge in [-0.3, -0.25) is 0 Å². The molecule has 2 aliphatic rings. The molecule has 2 aromatic carbocycles. The van der Waals surface area contributed by atoms with E-state index in [0.717, 1.165) is 6.07 Å². The van der Waals surface area contributed by atoms with Crippen LogP contribution in [0.2, 0.25) is 0 Å². The first-order chi connectivity index (χ1) is 20.7. The zero-order chi connectivity index (χ0) is 30.6. The van der Waals surface area contributed by atoms with Crippen LogP contribution >= 0.6 is 0 Å². The molecular weight excluding hydrogens is 570 g/mol. The summed E-state index contributed by atoms with van der Waals surface area (Å²) in [7, 11) is 0. The van der Waals surface area contributed by atoms with E-state index in [1.807, 2.05) is 0 Å². The Balaban J connectivity index is 1.50. The number of hydrogen-bond donors (Lipinski definition) is 1. The van der Waals surface area contributed by atoms with Gasteiger partial charge in [0.2, 0.25) is 0 Å². The number of ether oxygens (including phenoxy) is 2. The fourth-order valence-electron chi connectivity index (χ4n) is 4.44. The van der Waals surface area contributed by atoms with E-state index in [9.17, 15) is 22.4 Å². The van der Waals surface area contributed by atoms with Crippen LogP contribution in [-0.2, 0) is 20.4 Å². The van der Waals surface area contributed by atoms with Gasteiger partial charge in [-0.1, -0.05) is 29.8 Å². The second-order valence-corrected chi connectivity index (χ2v) is 9.49. The topological polar surface area (TPSA) is 112 Å². The van der Waals surface area contributed by atoms with E-state index in [-0.39, 0.29) is 54.8 Å². The number of aromatic nitrogens is 5. The van der Waals surface area contributed by atoms with Gasteiger partial charge in [0.1, 0.15) is 18.1 Å². The highest BCUT2D eigenvalue weighted by molar-refractivity contribution is 5.78. The third kappa shape index (κ3) is 6.68. The minimum atomic E-state index is -4.61. The van der Waals surface area contributed by atoms with Crippen molar-refractivity contribution >= 4 is 5.97 Å². The third-order valence-electron chi connectivity index (χ3n) is 6.46. The number of esters is 1. The van der Waals surface area contributed by atoms with Crippen LogP contribution in [0.5, 0.6) is 0 Å². The van der Waals surface area contributed by atoms with E-state index in [2.05, 4.69) is 20.2 Å². The van der Waals surface area contributed by atoms with Crippen LogP contribution in [0.1, 0.15) is 22.9 Å². The van der Waals surface area contributed by atoms with E-state index in [1.165, 1.54) is 41.2 Å². The van der Waals surface area contributed by atoms with Crippen LogP contribution in [0.3, 0.4) is 0 Å². The van der Waals surface area contributed by atoms with Crippen molar-refractivity contribution in [1.82, 2.24) is 24.7 Å². The van der Waals surface area contributed by atoms with Crippen molar-refractivity contribution in [3.63, 3.8) is 0 Å². The summed E-state index contributed by atoms with van der Waals surface area (Å²) in [5, 5.41) is 17.0. The van der Waals surface area contributed by atoms with Crippen LogP contribution in [0, 0.1) is 12.7 Å². The number of halogens is 4. The number of aryl methyl sites for hydroxylation is 1. The minimum absolute atomic E-state index is 0.0291. The number of alkyl halides is 3. The van der Waals surface area contributed by atoms with Gasteiger partial charge in [-0.15, -0.1) is 0 Å². The Bertz CT molecular complexity index is 1690. The smallest absolute Gasteiger partial charge is 0.417 e. The molecule has 0 spiro atoms. The van der Waals surface area contributed by atoms with Gasteiger partial charge in [0, 0.05) is 18.0 Å². The molecule has 3 aromatic rings. The summed E-state index contributed by atoms with van der Waals surface area (Å²) in [6.07, 6.45) is -1.56. The summed E-state index contributed by atoms with van der Waals surface area (Å²) in [4.78, 5) is 22.1. The minimum Gasteiger partial charge on any atom is -0.461 e.